The molecule has 11 heteroatoms. The molecule has 3 rings (SSSR count). The molecule has 136 valence electrons. The number of ether oxygens (including phenoxy) is 2. The summed E-state index contributed by atoms with van der Waals surface area (Å²) in [4.78, 5) is 39.4. The summed E-state index contributed by atoms with van der Waals surface area (Å²) in [5, 5.41) is 10.7. The first-order chi connectivity index (χ1) is 12.1. The highest BCUT2D eigenvalue weighted by Gasteiger charge is 2.44. The predicted octanol–water partition coefficient (Wildman–Crippen LogP) is -0.952. The second-order valence-electron chi connectivity index (χ2n) is 5.87. The fraction of sp³-hybridized carbons (Fsp3) is 0.714. The van der Waals surface area contributed by atoms with Crippen LogP contribution >= 0.6 is 0 Å². The van der Waals surface area contributed by atoms with Crippen molar-refractivity contribution in [2.45, 2.75) is 38.4 Å². The number of rotatable bonds is 5. The van der Waals surface area contributed by atoms with Crippen molar-refractivity contribution in [3.63, 3.8) is 0 Å². The van der Waals surface area contributed by atoms with Crippen LogP contribution in [0.2, 0.25) is 0 Å². The smallest absolute Gasteiger partial charge is 0.410 e. The molecular formula is C14H20N6O5. The monoisotopic (exact) mass is 352 g/mol. The number of cyclic esters (lactones) is 1. The molecule has 3 heterocycles. The molecule has 1 atom stereocenters. The average molecular weight is 352 g/mol. The van der Waals surface area contributed by atoms with E-state index in [4.69, 9.17) is 9.47 Å². The maximum atomic E-state index is 12.2. The van der Waals surface area contributed by atoms with E-state index in [0.29, 0.717) is 25.9 Å². The van der Waals surface area contributed by atoms with Gasteiger partial charge in [-0.2, -0.15) is 0 Å². The van der Waals surface area contributed by atoms with Crippen molar-refractivity contribution in [2.24, 2.45) is 0 Å². The predicted molar refractivity (Wildman–Crippen MR) is 81.0 cm³/mol. The number of hydrogen-bond acceptors (Lipinski definition) is 8. The van der Waals surface area contributed by atoms with Gasteiger partial charge in [0.05, 0.1) is 6.61 Å². The molecule has 0 aromatic carbocycles. The maximum Gasteiger partial charge on any atom is 0.410 e. The molecule has 0 N–H and O–H groups in total. The van der Waals surface area contributed by atoms with Crippen molar-refractivity contribution >= 4 is 18.0 Å². The molecule has 0 saturated carbocycles. The number of esters is 1. The van der Waals surface area contributed by atoms with Crippen LogP contribution < -0.4 is 0 Å². The molecule has 0 bridgehead atoms. The third-order valence-electron chi connectivity index (χ3n) is 4.37. The Morgan fingerprint density at radius 1 is 1.36 bits per heavy atom. The van der Waals surface area contributed by atoms with E-state index in [1.807, 2.05) is 0 Å². The topological polar surface area (TPSA) is 120 Å². The summed E-state index contributed by atoms with van der Waals surface area (Å²) < 4.78 is 11.4. The van der Waals surface area contributed by atoms with Crippen molar-refractivity contribution in [2.75, 3.05) is 26.3 Å². The van der Waals surface area contributed by atoms with Gasteiger partial charge < -0.3 is 14.4 Å². The fourth-order valence-electron chi connectivity index (χ4n) is 3.14. The number of likely N-dealkylation sites (tertiary alicyclic amines) is 1. The van der Waals surface area contributed by atoms with Gasteiger partial charge in [-0.25, -0.2) is 14.3 Å². The van der Waals surface area contributed by atoms with E-state index in [2.05, 4.69) is 15.5 Å². The van der Waals surface area contributed by atoms with Gasteiger partial charge in [-0.05, 0) is 30.2 Å². The highest BCUT2D eigenvalue weighted by molar-refractivity contribution is 5.84. The molecule has 2 aliphatic heterocycles. The Labute approximate surface area is 143 Å². The Morgan fingerprint density at radius 3 is 2.76 bits per heavy atom. The zero-order chi connectivity index (χ0) is 17.8. The highest BCUT2D eigenvalue weighted by Crippen LogP contribution is 2.24. The minimum atomic E-state index is -0.707. The quantitative estimate of drug-likeness (QED) is 0.622. The second kappa shape index (κ2) is 7.45. The number of nitrogens with zero attached hydrogens (tertiary/aromatic N) is 6. The Balaban J connectivity index is 1.56. The Hall–Kier alpha value is -2.72. The molecule has 0 spiro atoms. The SMILES string of the molecule is CCOC(=O)C1COC(=O)N1C1CCN(C(=O)Cn2cnnn2)CC1. The summed E-state index contributed by atoms with van der Waals surface area (Å²) in [6.07, 6.45) is 2.03. The van der Waals surface area contributed by atoms with Crippen LogP contribution in [0, 0.1) is 0 Å². The normalized spacial score (nSPS) is 21.3. The van der Waals surface area contributed by atoms with Crippen molar-refractivity contribution in [3.05, 3.63) is 6.33 Å². The van der Waals surface area contributed by atoms with Crippen LogP contribution in [0.3, 0.4) is 0 Å². The van der Waals surface area contributed by atoms with Gasteiger partial charge in [0, 0.05) is 19.1 Å². The average Bonchev–Trinajstić information content (AvgIpc) is 3.25. The summed E-state index contributed by atoms with van der Waals surface area (Å²) in [5.74, 6) is -0.540. The lowest BCUT2D eigenvalue weighted by atomic mass is 10.0. The molecule has 11 nitrogen and oxygen atoms in total. The molecule has 1 aromatic rings. The van der Waals surface area contributed by atoms with E-state index in [9.17, 15) is 14.4 Å². The van der Waals surface area contributed by atoms with Gasteiger partial charge in [0.25, 0.3) is 0 Å². The zero-order valence-electron chi connectivity index (χ0n) is 13.9. The number of piperidine rings is 1. The Kier molecular flexibility index (Phi) is 5.10. The van der Waals surface area contributed by atoms with Gasteiger partial charge in [-0.1, -0.05) is 0 Å². The van der Waals surface area contributed by atoms with E-state index in [1.54, 1.807) is 11.8 Å². The van der Waals surface area contributed by atoms with Gasteiger partial charge in [0.1, 0.15) is 19.5 Å². The molecule has 0 radical (unpaired) electrons. The standard InChI is InChI=1S/C14H20N6O5/c1-2-24-13(22)11-8-25-14(23)20(11)10-3-5-18(6-4-10)12(21)7-19-9-15-16-17-19/h9-11H,2-8H2,1H3. The Bertz CT molecular complexity index is 628. The maximum absolute atomic E-state index is 12.2. The fourth-order valence-corrected chi connectivity index (χ4v) is 3.14. The van der Waals surface area contributed by atoms with Crippen LogP contribution in [0.1, 0.15) is 19.8 Å². The van der Waals surface area contributed by atoms with E-state index in [0.717, 1.165) is 0 Å². The van der Waals surface area contributed by atoms with Crippen molar-refractivity contribution in [3.8, 4) is 0 Å². The van der Waals surface area contributed by atoms with Crippen LogP contribution in [-0.2, 0) is 25.6 Å². The van der Waals surface area contributed by atoms with Crippen molar-refractivity contribution < 1.29 is 23.9 Å². The molecular weight excluding hydrogens is 332 g/mol. The number of amides is 2. The lowest BCUT2D eigenvalue weighted by Crippen LogP contribution is -2.52. The van der Waals surface area contributed by atoms with Crippen LogP contribution in [-0.4, -0.2) is 86.4 Å². The first-order valence-electron chi connectivity index (χ1n) is 8.20. The molecule has 0 aliphatic carbocycles. The number of carbonyl (C=O) groups is 3. The van der Waals surface area contributed by atoms with Crippen LogP contribution in [0.4, 0.5) is 4.79 Å². The van der Waals surface area contributed by atoms with Gasteiger partial charge in [-0.15, -0.1) is 5.10 Å². The third kappa shape index (κ3) is 3.69. The van der Waals surface area contributed by atoms with Gasteiger partial charge >= 0.3 is 12.1 Å². The molecule has 1 unspecified atom stereocenters. The number of carbonyl (C=O) groups excluding carboxylic acids is 3. The van der Waals surface area contributed by atoms with Gasteiger partial charge in [0.15, 0.2) is 6.04 Å². The molecule has 2 amide bonds. The lowest BCUT2D eigenvalue weighted by Gasteiger charge is -2.37. The summed E-state index contributed by atoms with van der Waals surface area (Å²) in [7, 11) is 0. The minimum Gasteiger partial charge on any atom is -0.464 e. The van der Waals surface area contributed by atoms with Gasteiger partial charge in [-0.3, -0.25) is 9.69 Å². The van der Waals surface area contributed by atoms with E-state index in [1.165, 1.54) is 15.9 Å². The van der Waals surface area contributed by atoms with E-state index in [-0.39, 0.29) is 31.7 Å². The molecule has 2 saturated heterocycles. The minimum absolute atomic E-state index is 0.0100. The number of tetrazole rings is 1. The molecule has 2 aliphatic rings. The number of aromatic nitrogens is 4. The van der Waals surface area contributed by atoms with E-state index < -0.39 is 18.1 Å². The van der Waals surface area contributed by atoms with Gasteiger partial charge in [0.2, 0.25) is 5.91 Å². The van der Waals surface area contributed by atoms with E-state index >= 15 is 0 Å². The number of hydrogen-bond donors (Lipinski definition) is 0. The van der Waals surface area contributed by atoms with Crippen molar-refractivity contribution in [1.82, 2.24) is 30.0 Å². The summed E-state index contributed by atoms with van der Waals surface area (Å²) in [5.41, 5.74) is 0. The first kappa shape index (κ1) is 17.1. The summed E-state index contributed by atoms with van der Waals surface area (Å²) in [6.45, 7) is 3.04. The largest absolute Gasteiger partial charge is 0.464 e. The van der Waals surface area contributed by atoms with Crippen LogP contribution in [0.5, 0.6) is 0 Å². The molecule has 25 heavy (non-hydrogen) atoms. The zero-order valence-corrected chi connectivity index (χ0v) is 13.9. The second-order valence-corrected chi connectivity index (χ2v) is 5.87. The summed E-state index contributed by atoms with van der Waals surface area (Å²) in [6, 6.07) is -0.859. The summed E-state index contributed by atoms with van der Waals surface area (Å²) >= 11 is 0. The van der Waals surface area contributed by atoms with Crippen LogP contribution in [0.15, 0.2) is 6.33 Å². The lowest BCUT2D eigenvalue weighted by molar-refractivity contribution is -0.149. The molecule has 2 fully saturated rings. The highest BCUT2D eigenvalue weighted by atomic mass is 16.6. The first-order valence-corrected chi connectivity index (χ1v) is 8.20. The molecule has 1 aromatic heterocycles. The van der Waals surface area contributed by atoms with Crippen molar-refractivity contribution in [1.29, 1.82) is 0 Å². The Morgan fingerprint density at radius 2 is 2.12 bits per heavy atom. The van der Waals surface area contributed by atoms with Crippen LogP contribution in [0.25, 0.3) is 0 Å². The third-order valence-corrected chi connectivity index (χ3v) is 4.37.